The van der Waals surface area contributed by atoms with Crippen LogP contribution in [0, 0.1) is 0 Å². The van der Waals surface area contributed by atoms with Crippen molar-refractivity contribution in [3.05, 3.63) is 10.8 Å². The number of rotatable bonds is 5. The summed E-state index contributed by atoms with van der Waals surface area (Å²) in [5, 5.41) is 7.37. The Hall–Kier alpha value is -0.490. The van der Waals surface area contributed by atoms with E-state index >= 15 is 0 Å². The Morgan fingerprint density at radius 1 is 1.39 bits per heavy atom. The normalized spacial score (nSPS) is 23.1. The summed E-state index contributed by atoms with van der Waals surface area (Å²) in [6.45, 7) is 2.23. The lowest BCUT2D eigenvalue weighted by Gasteiger charge is -2.15. The molecule has 0 aromatic carbocycles. The van der Waals surface area contributed by atoms with Gasteiger partial charge in [-0.15, -0.1) is 0 Å². The van der Waals surface area contributed by atoms with E-state index in [1.807, 2.05) is 7.05 Å². The zero-order chi connectivity index (χ0) is 13.0. The van der Waals surface area contributed by atoms with Crippen LogP contribution in [-0.4, -0.2) is 34.1 Å². The van der Waals surface area contributed by atoms with Crippen molar-refractivity contribution in [3.63, 3.8) is 0 Å². The van der Waals surface area contributed by atoms with Crippen LogP contribution in [0.5, 0.6) is 0 Å². The number of halogens is 1. The molecule has 0 bridgehead atoms. The maximum Gasteiger partial charge on any atom is 0.146 e. The Labute approximate surface area is 121 Å². The fraction of sp³-hybridized carbons (Fsp3) is 0.667. The average molecular weight is 331 g/mol. The van der Waals surface area contributed by atoms with Crippen LogP contribution < -0.4 is 10.6 Å². The van der Waals surface area contributed by atoms with Gasteiger partial charge in [0.1, 0.15) is 22.4 Å². The molecule has 18 heavy (non-hydrogen) atoms. The van der Waals surface area contributed by atoms with Crippen molar-refractivity contribution in [1.29, 1.82) is 0 Å². The number of nitrogens with zero attached hydrogens (tertiary/aromatic N) is 2. The first-order valence-electron chi connectivity index (χ1n) is 6.31. The van der Waals surface area contributed by atoms with Crippen LogP contribution >= 0.6 is 27.7 Å². The average Bonchev–Trinajstić information content (AvgIpc) is 2.80. The highest BCUT2D eigenvalue weighted by molar-refractivity contribution is 9.10. The van der Waals surface area contributed by atoms with Gasteiger partial charge in [-0.05, 0) is 40.9 Å². The minimum absolute atomic E-state index is 0.532. The summed E-state index contributed by atoms with van der Waals surface area (Å²) in [4.78, 5) is 8.47. The maximum atomic E-state index is 4.31. The Balaban J connectivity index is 1.98. The Morgan fingerprint density at radius 3 is 2.89 bits per heavy atom. The first-order valence-corrected chi connectivity index (χ1v) is 8.15. The van der Waals surface area contributed by atoms with Gasteiger partial charge in [0, 0.05) is 18.3 Å². The molecule has 1 fully saturated rings. The Bertz CT molecular complexity index is 402. The van der Waals surface area contributed by atoms with E-state index < -0.39 is 0 Å². The van der Waals surface area contributed by atoms with Gasteiger partial charge in [0.15, 0.2) is 0 Å². The van der Waals surface area contributed by atoms with Gasteiger partial charge in [-0.25, -0.2) is 9.97 Å². The second-order valence-electron chi connectivity index (χ2n) is 4.37. The third-order valence-electron chi connectivity index (χ3n) is 3.15. The highest BCUT2D eigenvalue weighted by Gasteiger charge is 2.25. The third-order valence-corrected chi connectivity index (χ3v) is 5.14. The Morgan fingerprint density at radius 2 is 2.17 bits per heavy atom. The van der Waals surface area contributed by atoms with E-state index in [2.05, 4.69) is 55.2 Å². The van der Waals surface area contributed by atoms with Gasteiger partial charge in [-0.3, -0.25) is 0 Å². The van der Waals surface area contributed by atoms with Crippen molar-refractivity contribution in [3.8, 4) is 0 Å². The summed E-state index contributed by atoms with van der Waals surface area (Å²) in [5.74, 6) is 2.92. The van der Waals surface area contributed by atoms with E-state index in [9.17, 15) is 0 Å². The van der Waals surface area contributed by atoms with Crippen LogP contribution in [0.1, 0.15) is 26.2 Å². The molecule has 1 heterocycles. The van der Waals surface area contributed by atoms with Crippen molar-refractivity contribution in [1.82, 2.24) is 9.97 Å². The van der Waals surface area contributed by atoms with Gasteiger partial charge in [0.2, 0.25) is 0 Å². The topological polar surface area (TPSA) is 49.8 Å². The molecule has 0 radical (unpaired) electrons. The van der Waals surface area contributed by atoms with Crippen molar-refractivity contribution in [2.75, 3.05) is 23.4 Å². The van der Waals surface area contributed by atoms with Gasteiger partial charge >= 0.3 is 0 Å². The van der Waals surface area contributed by atoms with Gasteiger partial charge < -0.3 is 10.6 Å². The van der Waals surface area contributed by atoms with Crippen molar-refractivity contribution in [2.45, 2.75) is 37.5 Å². The highest BCUT2D eigenvalue weighted by Crippen LogP contribution is 2.33. The largest absolute Gasteiger partial charge is 0.372 e. The van der Waals surface area contributed by atoms with Crippen LogP contribution in [0.3, 0.4) is 0 Å². The highest BCUT2D eigenvalue weighted by atomic mass is 79.9. The van der Waals surface area contributed by atoms with Gasteiger partial charge in [0.05, 0.1) is 0 Å². The summed E-state index contributed by atoms with van der Waals surface area (Å²) in [5.41, 5.74) is 0. The van der Waals surface area contributed by atoms with Crippen LogP contribution in [0.15, 0.2) is 10.8 Å². The molecule has 2 N–H and O–H groups in total. The number of aromatic nitrogens is 2. The first-order chi connectivity index (χ1) is 8.74. The van der Waals surface area contributed by atoms with Crippen molar-refractivity contribution in [2.24, 2.45) is 0 Å². The molecule has 6 heteroatoms. The molecule has 0 amide bonds. The summed E-state index contributed by atoms with van der Waals surface area (Å²) in [6, 6.07) is 0.532. The van der Waals surface area contributed by atoms with E-state index in [1.54, 1.807) is 6.33 Å². The molecular weight excluding hydrogens is 312 g/mol. The molecule has 1 saturated carbocycles. The van der Waals surface area contributed by atoms with E-state index in [0.29, 0.717) is 6.04 Å². The molecule has 2 rings (SSSR count). The minimum Gasteiger partial charge on any atom is -0.372 e. The number of nitrogens with one attached hydrogen (secondary N) is 2. The first kappa shape index (κ1) is 13.9. The Kier molecular flexibility index (Phi) is 5.12. The molecule has 0 saturated heterocycles. The van der Waals surface area contributed by atoms with Gasteiger partial charge in [-0.1, -0.05) is 6.92 Å². The van der Waals surface area contributed by atoms with Crippen LogP contribution in [0.2, 0.25) is 0 Å². The molecular formula is C12H19BrN4S. The molecule has 0 spiro atoms. The third kappa shape index (κ3) is 3.29. The van der Waals surface area contributed by atoms with E-state index in [4.69, 9.17) is 0 Å². The van der Waals surface area contributed by atoms with Crippen LogP contribution in [0.4, 0.5) is 11.6 Å². The predicted molar refractivity (Wildman–Crippen MR) is 82.5 cm³/mol. The minimum atomic E-state index is 0.532. The molecule has 0 aliphatic heterocycles. The molecule has 2 unspecified atom stereocenters. The summed E-state index contributed by atoms with van der Waals surface area (Å²) in [7, 11) is 1.86. The van der Waals surface area contributed by atoms with E-state index in [0.717, 1.165) is 21.4 Å². The molecule has 1 aliphatic carbocycles. The van der Waals surface area contributed by atoms with Crippen LogP contribution in [-0.2, 0) is 0 Å². The number of anilines is 2. The summed E-state index contributed by atoms with van der Waals surface area (Å²) >= 11 is 5.61. The fourth-order valence-corrected chi connectivity index (χ4v) is 3.96. The molecule has 1 aliphatic rings. The lowest BCUT2D eigenvalue weighted by molar-refractivity contribution is 0.750. The van der Waals surface area contributed by atoms with Gasteiger partial charge in [-0.2, -0.15) is 11.8 Å². The number of hydrogen-bond acceptors (Lipinski definition) is 5. The monoisotopic (exact) mass is 330 g/mol. The predicted octanol–water partition coefficient (Wildman–Crippen LogP) is 3.37. The van der Waals surface area contributed by atoms with Crippen LogP contribution in [0.25, 0.3) is 0 Å². The molecule has 1 aromatic rings. The maximum absolute atomic E-state index is 4.31. The second-order valence-corrected chi connectivity index (χ2v) is 6.74. The fourth-order valence-electron chi connectivity index (χ4n) is 2.30. The molecule has 100 valence electrons. The van der Waals surface area contributed by atoms with Crippen molar-refractivity contribution < 1.29 is 0 Å². The lowest BCUT2D eigenvalue weighted by Crippen LogP contribution is -2.17. The summed E-state index contributed by atoms with van der Waals surface area (Å²) < 4.78 is 0.916. The molecule has 2 atom stereocenters. The van der Waals surface area contributed by atoms with Gasteiger partial charge in [0.25, 0.3) is 0 Å². The number of thioether (sulfide) groups is 1. The quantitative estimate of drug-likeness (QED) is 0.866. The van der Waals surface area contributed by atoms with E-state index in [-0.39, 0.29) is 0 Å². The molecule has 4 nitrogen and oxygen atoms in total. The number of hydrogen-bond donors (Lipinski definition) is 2. The zero-order valence-corrected chi connectivity index (χ0v) is 13.1. The van der Waals surface area contributed by atoms with Crippen molar-refractivity contribution >= 4 is 39.3 Å². The standard InChI is InChI=1S/C12H19BrN4S/c1-3-18-9-5-4-8(6-9)17-12-10(13)11(14-2)15-7-16-12/h7-9H,3-6H2,1-2H3,(H2,14,15,16,17). The SMILES string of the molecule is CCSC1CCC(Nc2ncnc(NC)c2Br)C1. The lowest BCUT2D eigenvalue weighted by atomic mass is 10.2. The zero-order valence-electron chi connectivity index (χ0n) is 10.7. The molecule has 1 aromatic heterocycles. The van der Waals surface area contributed by atoms with E-state index in [1.165, 1.54) is 25.0 Å². The summed E-state index contributed by atoms with van der Waals surface area (Å²) in [6.07, 6.45) is 5.34. The second kappa shape index (κ2) is 6.61. The smallest absolute Gasteiger partial charge is 0.146 e.